The van der Waals surface area contributed by atoms with Crippen LogP contribution < -0.4 is 0 Å². The van der Waals surface area contributed by atoms with Crippen LogP contribution in [0.3, 0.4) is 0 Å². The molecule has 4 heteroatoms. The fourth-order valence-electron chi connectivity index (χ4n) is 4.45. The van der Waals surface area contributed by atoms with Crippen LogP contribution in [0.5, 0.6) is 0 Å². The van der Waals surface area contributed by atoms with E-state index in [-0.39, 0.29) is 10.1 Å². The summed E-state index contributed by atoms with van der Waals surface area (Å²) in [6.45, 7) is 30.8. The Morgan fingerprint density at radius 2 is 1.04 bits per heavy atom. The van der Waals surface area contributed by atoms with Gasteiger partial charge in [-0.3, -0.25) is 0 Å². The van der Waals surface area contributed by atoms with Gasteiger partial charge in [-0.2, -0.15) is 0 Å². The highest BCUT2D eigenvalue weighted by Gasteiger charge is 2.52. The fraction of sp³-hybridized carbons (Fsp3) is 1.00. The van der Waals surface area contributed by atoms with Crippen molar-refractivity contribution in [1.82, 2.24) is 0 Å². The molecule has 0 saturated carbocycles. The molecule has 0 amide bonds. The lowest BCUT2D eigenvalue weighted by Gasteiger charge is -2.49. The highest BCUT2D eigenvalue weighted by atomic mass is 28.4. The Kier molecular flexibility index (Phi) is 7.83. The molecule has 0 saturated heterocycles. The molecule has 0 aromatic carbocycles. The molecule has 0 aromatic heterocycles. The average molecular weight is 361 g/mol. The van der Waals surface area contributed by atoms with Gasteiger partial charge in [-0.15, -0.1) is 0 Å². The minimum Gasteiger partial charge on any atom is -0.395 e. The van der Waals surface area contributed by atoms with Gasteiger partial charge in [-0.1, -0.05) is 83.1 Å². The predicted octanol–water partition coefficient (Wildman–Crippen LogP) is 7.33. The molecule has 0 rings (SSSR count). The minimum absolute atomic E-state index is 0.205. The second kappa shape index (κ2) is 7.71. The first-order valence-corrected chi connectivity index (χ1v) is 13.9. The summed E-state index contributed by atoms with van der Waals surface area (Å²) in [7, 11) is -3.81. The summed E-state index contributed by atoms with van der Waals surface area (Å²) >= 11 is 0. The Morgan fingerprint density at radius 1 is 0.652 bits per heavy atom. The first kappa shape index (κ1) is 23.4. The molecule has 0 aliphatic heterocycles. The quantitative estimate of drug-likeness (QED) is 0.349. The summed E-state index contributed by atoms with van der Waals surface area (Å²) in [5, 5.41) is 0.419. The molecule has 140 valence electrons. The standard InChI is InChI=1S/C19H44O2Si2/c1-15(2)22(13,18(7,8)9)20-14-21-23(16(3)4,17(5)6)19(10,11)12/h15-17H,14H2,1-13H3/t22-/m0/s1. The van der Waals surface area contributed by atoms with Crippen LogP contribution in [0.25, 0.3) is 0 Å². The van der Waals surface area contributed by atoms with E-state index in [2.05, 4.69) is 89.6 Å². The smallest absolute Gasteiger partial charge is 0.206 e. The number of hydrogen-bond acceptors (Lipinski definition) is 2. The van der Waals surface area contributed by atoms with Crippen molar-refractivity contribution < 1.29 is 8.85 Å². The maximum Gasteiger partial charge on any atom is 0.206 e. The maximum atomic E-state index is 6.71. The van der Waals surface area contributed by atoms with Crippen LogP contribution >= 0.6 is 0 Å². The van der Waals surface area contributed by atoms with Gasteiger partial charge in [0.15, 0.2) is 0 Å². The second-order valence-electron chi connectivity index (χ2n) is 10.3. The van der Waals surface area contributed by atoms with Crippen molar-refractivity contribution in [1.29, 1.82) is 0 Å². The van der Waals surface area contributed by atoms with Crippen molar-refractivity contribution in [3.63, 3.8) is 0 Å². The molecule has 0 aromatic rings. The Balaban J connectivity index is 5.38. The van der Waals surface area contributed by atoms with E-state index in [1.807, 2.05) is 0 Å². The Bertz CT molecular complexity index is 357. The molecule has 0 heterocycles. The van der Waals surface area contributed by atoms with Crippen LogP contribution in [0, 0.1) is 0 Å². The summed E-state index contributed by atoms with van der Waals surface area (Å²) in [5.41, 5.74) is 1.73. The molecule has 0 spiro atoms. The predicted molar refractivity (Wildman–Crippen MR) is 109 cm³/mol. The van der Waals surface area contributed by atoms with Crippen LogP contribution in [-0.2, 0) is 8.85 Å². The summed E-state index contributed by atoms with van der Waals surface area (Å²) < 4.78 is 13.3. The molecular weight excluding hydrogens is 316 g/mol. The molecule has 0 aliphatic rings. The Morgan fingerprint density at radius 3 is 1.26 bits per heavy atom. The number of rotatable bonds is 7. The zero-order valence-corrected chi connectivity index (χ0v) is 20.3. The van der Waals surface area contributed by atoms with Gasteiger partial charge in [-0.25, -0.2) is 0 Å². The van der Waals surface area contributed by atoms with Crippen LogP contribution in [-0.4, -0.2) is 23.4 Å². The molecular formula is C19H44O2Si2. The summed E-state index contributed by atoms with van der Waals surface area (Å²) in [6, 6.07) is 0. The van der Waals surface area contributed by atoms with Crippen molar-refractivity contribution in [2.45, 2.75) is 116 Å². The van der Waals surface area contributed by atoms with Crippen molar-refractivity contribution in [2.24, 2.45) is 0 Å². The van der Waals surface area contributed by atoms with Gasteiger partial charge in [0.25, 0.3) is 0 Å². The lowest BCUT2D eigenvalue weighted by atomic mass is 10.2. The van der Waals surface area contributed by atoms with Gasteiger partial charge in [0.05, 0.1) is 0 Å². The fourth-order valence-corrected chi connectivity index (χ4v) is 13.5. The normalized spacial score (nSPS) is 17.2. The van der Waals surface area contributed by atoms with Crippen molar-refractivity contribution in [3.8, 4) is 0 Å². The van der Waals surface area contributed by atoms with Gasteiger partial charge in [0, 0.05) is 0 Å². The van der Waals surface area contributed by atoms with E-state index in [4.69, 9.17) is 8.85 Å². The third-order valence-electron chi connectivity index (χ3n) is 6.14. The lowest BCUT2D eigenvalue weighted by Crippen LogP contribution is -2.55. The first-order chi connectivity index (χ1) is 10.0. The minimum atomic E-state index is -1.95. The van der Waals surface area contributed by atoms with Gasteiger partial charge < -0.3 is 8.85 Å². The zero-order chi connectivity index (χ0) is 18.9. The molecule has 2 nitrogen and oxygen atoms in total. The van der Waals surface area contributed by atoms with E-state index in [9.17, 15) is 0 Å². The molecule has 0 aliphatic carbocycles. The van der Waals surface area contributed by atoms with Crippen molar-refractivity contribution >= 4 is 16.6 Å². The van der Waals surface area contributed by atoms with Crippen LogP contribution in [0.2, 0.25) is 33.2 Å². The van der Waals surface area contributed by atoms with E-state index >= 15 is 0 Å². The Hall–Kier alpha value is 0.354. The van der Waals surface area contributed by atoms with E-state index in [0.717, 1.165) is 0 Å². The van der Waals surface area contributed by atoms with Gasteiger partial charge >= 0.3 is 0 Å². The van der Waals surface area contributed by atoms with Crippen LogP contribution in [0.15, 0.2) is 0 Å². The van der Waals surface area contributed by atoms with Gasteiger partial charge in [-0.05, 0) is 33.2 Å². The van der Waals surface area contributed by atoms with E-state index in [1.165, 1.54) is 0 Å². The molecule has 0 radical (unpaired) electrons. The van der Waals surface area contributed by atoms with E-state index in [0.29, 0.717) is 23.4 Å². The summed E-state index contributed by atoms with van der Waals surface area (Å²) in [4.78, 5) is 0. The summed E-state index contributed by atoms with van der Waals surface area (Å²) in [5.74, 6) is 0. The average Bonchev–Trinajstić information content (AvgIpc) is 2.29. The van der Waals surface area contributed by atoms with Crippen molar-refractivity contribution in [3.05, 3.63) is 0 Å². The van der Waals surface area contributed by atoms with E-state index < -0.39 is 16.6 Å². The highest BCUT2D eigenvalue weighted by molar-refractivity contribution is 6.79. The molecule has 0 unspecified atom stereocenters. The third-order valence-corrected chi connectivity index (χ3v) is 18.4. The SMILES string of the molecule is CC(C)[Si](OCO[Si@@](C)(C(C)C)C(C)(C)C)(C(C)C)C(C)(C)C. The Labute approximate surface area is 149 Å². The van der Waals surface area contributed by atoms with Gasteiger partial charge in [0.1, 0.15) is 6.79 Å². The maximum absolute atomic E-state index is 6.71. The largest absolute Gasteiger partial charge is 0.395 e. The molecule has 0 bridgehead atoms. The topological polar surface area (TPSA) is 18.5 Å². The highest BCUT2D eigenvalue weighted by Crippen LogP contribution is 2.51. The monoisotopic (exact) mass is 360 g/mol. The van der Waals surface area contributed by atoms with E-state index in [1.54, 1.807) is 0 Å². The third kappa shape index (κ3) is 4.71. The van der Waals surface area contributed by atoms with Gasteiger partial charge in [0.2, 0.25) is 16.6 Å². The first-order valence-electron chi connectivity index (χ1n) is 9.32. The van der Waals surface area contributed by atoms with Crippen LogP contribution in [0.1, 0.15) is 83.1 Å². The number of hydrogen-bond donors (Lipinski definition) is 0. The second-order valence-corrected chi connectivity index (χ2v) is 21.1. The van der Waals surface area contributed by atoms with Crippen LogP contribution in [0.4, 0.5) is 0 Å². The zero-order valence-electron chi connectivity index (χ0n) is 18.3. The molecule has 1 atom stereocenters. The molecule has 23 heavy (non-hydrogen) atoms. The molecule has 0 fully saturated rings. The van der Waals surface area contributed by atoms with Crippen molar-refractivity contribution in [2.75, 3.05) is 6.79 Å². The molecule has 0 N–H and O–H groups in total. The lowest BCUT2D eigenvalue weighted by molar-refractivity contribution is 0.0817. The summed E-state index contributed by atoms with van der Waals surface area (Å²) in [6.07, 6.45) is 0.